The van der Waals surface area contributed by atoms with E-state index in [0.717, 1.165) is 15.7 Å². The number of halogens is 1. The van der Waals surface area contributed by atoms with Gasteiger partial charge >= 0.3 is 0 Å². The van der Waals surface area contributed by atoms with Crippen molar-refractivity contribution in [2.75, 3.05) is 4.72 Å². The number of nitrogens with zero attached hydrogens (tertiary/aromatic N) is 2. The SMILES string of the molecule is Cc1cc(NS(=O)(=O)c2ccc(Br)cc2)n(Cc2ccccc2)n1. The van der Waals surface area contributed by atoms with E-state index in [4.69, 9.17) is 0 Å². The number of benzene rings is 2. The maximum absolute atomic E-state index is 12.6. The maximum Gasteiger partial charge on any atom is 0.263 e. The molecule has 0 aliphatic carbocycles. The van der Waals surface area contributed by atoms with Crippen molar-refractivity contribution < 1.29 is 8.42 Å². The molecule has 0 unspecified atom stereocenters. The third-order valence-electron chi connectivity index (χ3n) is 3.44. The van der Waals surface area contributed by atoms with Crippen LogP contribution in [0.1, 0.15) is 11.3 Å². The largest absolute Gasteiger partial charge is 0.264 e. The first-order valence-corrected chi connectivity index (χ1v) is 9.58. The minimum atomic E-state index is -3.66. The van der Waals surface area contributed by atoms with Gasteiger partial charge in [0.15, 0.2) is 0 Å². The highest BCUT2D eigenvalue weighted by Gasteiger charge is 2.17. The predicted molar refractivity (Wildman–Crippen MR) is 97.5 cm³/mol. The molecule has 0 aliphatic heterocycles. The summed E-state index contributed by atoms with van der Waals surface area (Å²) in [6.45, 7) is 2.33. The van der Waals surface area contributed by atoms with Crippen molar-refractivity contribution in [2.24, 2.45) is 0 Å². The molecule has 0 aliphatic rings. The third kappa shape index (κ3) is 3.85. The Balaban J connectivity index is 1.88. The Morgan fingerprint density at radius 1 is 1.08 bits per heavy atom. The van der Waals surface area contributed by atoms with Gasteiger partial charge in [-0.15, -0.1) is 0 Å². The van der Waals surface area contributed by atoms with Gasteiger partial charge in [0.25, 0.3) is 10.0 Å². The van der Waals surface area contributed by atoms with Crippen molar-refractivity contribution in [1.29, 1.82) is 0 Å². The standard InChI is InChI=1S/C17H16BrN3O2S/c1-13-11-17(21(19-13)12-14-5-3-2-4-6-14)20-24(22,23)16-9-7-15(18)8-10-16/h2-11,20H,12H2,1H3. The van der Waals surface area contributed by atoms with Crippen LogP contribution in [0.5, 0.6) is 0 Å². The van der Waals surface area contributed by atoms with E-state index in [1.807, 2.05) is 37.3 Å². The van der Waals surface area contributed by atoms with E-state index in [0.29, 0.717) is 12.4 Å². The lowest BCUT2D eigenvalue weighted by Crippen LogP contribution is -2.16. The molecule has 7 heteroatoms. The van der Waals surface area contributed by atoms with Gasteiger partial charge in [0.2, 0.25) is 0 Å². The van der Waals surface area contributed by atoms with Gasteiger partial charge in [-0.3, -0.25) is 4.72 Å². The van der Waals surface area contributed by atoms with Crippen LogP contribution in [0.15, 0.2) is 70.0 Å². The molecule has 24 heavy (non-hydrogen) atoms. The Bertz CT molecular complexity index is 936. The lowest BCUT2D eigenvalue weighted by Gasteiger charge is -2.11. The van der Waals surface area contributed by atoms with E-state index in [2.05, 4.69) is 25.8 Å². The summed E-state index contributed by atoms with van der Waals surface area (Å²) in [5.74, 6) is 0.444. The van der Waals surface area contributed by atoms with Gasteiger partial charge in [-0.25, -0.2) is 13.1 Å². The first kappa shape index (κ1) is 16.7. The Labute approximate surface area is 149 Å². The molecule has 0 amide bonds. The Hall–Kier alpha value is -2.12. The zero-order chi connectivity index (χ0) is 17.2. The van der Waals surface area contributed by atoms with E-state index in [1.165, 1.54) is 0 Å². The van der Waals surface area contributed by atoms with Crippen molar-refractivity contribution in [3.05, 3.63) is 76.4 Å². The molecule has 0 saturated carbocycles. The third-order valence-corrected chi connectivity index (χ3v) is 5.34. The van der Waals surface area contributed by atoms with Gasteiger partial charge in [0.1, 0.15) is 5.82 Å². The summed E-state index contributed by atoms with van der Waals surface area (Å²) < 4.78 is 30.2. The Kier molecular flexibility index (Phi) is 4.73. The maximum atomic E-state index is 12.6. The van der Waals surface area contributed by atoms with E-state index < -0.39 is 10.0 Å². The molecule has 124 valence electrons. The number of sulfonamides is 1. The van der Waals surface area contributed by atoms with Crippen molar-refractivity contribution in [3.8, 4) is 0 Å². The van der Waals surface area contributed by atoms with Crippen LogP contribution in [0.3, 0.4) is 0 Å². The second kappa shape index (κ2) is 6.78. The number of nitrogens with one attached hydrogen (secondary N) is 1. The van der Waals surface area contributed by atoms with Gasteiger partial charge in [-0.05, 0) is 36.8 Å². The average Bonchev–Trinajstić information content (AvgIpc) is 2.87. The molecular weight excluding hydrogens is 390 g/mol. The molecule has 0 fully saturated rings. The molecule has 1 N–H and O–H groups in total. The van der Waals surface area contributed by atoms with Gasteiger partial charge in [0, 0.05) is 10.5 Å². The second-order valence-corrected chi connectivity index (χ2v) is 7.97. The molecule has 1 heterocycles. The van der Waals surface area contributed by atoms with Crippen LogP contribution < -0.4 is 4.72 Å². The molecule has 0 bridgehead atoms. The van der Waals surface area contributed by atoms with Crippen LogP contribution in [-0.4, -0.2) is 18.2 Å². The topological polar surface area (TPSA) is 64.0 Å². The summed E-state index contributed by atoms with van der Waals surface area (Å²) in [5, 5.41) is 4.38. The fourth-order valence-corrected chi connectivity index (χ4v) is 3.63. The highest BCUT2D eigenvalue weighted by molar-refractivity contribution is 9.10. The highest BCUT2D eigenvalue weighted by atomic mass is 79.9. The first-order chi connectivity index (χ1) is 11.4. The molecule has 3 rings (SSSR count). The molecule has 0 radical (unpaired) electrons. The molecule has 1 aromatic heterocycles. The summed E-state index contributed by atoms with van der Waals surface area (Å²) >= 11 is 3.30. The number of hydrogen-bond acceptors (Lipinski definition) is 3. The van der Waals surface area contributed by atoms with Crippen LogP contribution in [-0.2, 0) is 16.6 Å². The zero-order valence-corrected chi connectivity index (χ0v) is 15.4. The van der Waals surface area contributed by atoms with Crippen LogP contribution in [0.25, 0.3) is 0 Å². The molecule has 3 aromatic rings. The van der Waals surface area contributed by atoms with Crippen molar-refractivity contribution in [3.63, 3.8) is 0 Å². The van der Waals surface area contributed by atoms with E-state index in [1.54, 1.807) is 35.0 Å². The van der Waals surface area contributed by atoms with Gasteiger partial charge < -0.3 is 0 Å². The van der Waals surface area contributed by atoms with Crippen molar-refractivity contribution in [1.82, 2.24) is 9.78 Å². The smallest absolute Gasteiger partial charge is 0.263 e. The number of anilines is 1. The monoisotopic (exact) mass is 405 g/mol. The van der Waals surface area contributed by atoms with Crippen LogP contribution in [0.2, 0.25) is 0 Å². The minimum Gasteiger partial charge on any atom is -0.264 e. The quantitative estimate of drug-likeness (QED) is 0.701. The van der Waals surface area contributed by atoms with Gasteiger partial charge in [0.05, 0.1) is 17.1 Å². The van der Waals surface area contributed by atoms with Gasteiger partial charge in [-0.2, -0.15) is 5.10 Å². The van der Waals surface area contributed by atoms with Crippen LogP contribution >= 0.6 is 15.9 Å². The Morgan fingerprint density at radius 2 is 1.75 bits per heavy atom. The molecule has 0 saturated heterocycles. The summed E-state index contributed by atoms with van der Waals surface area (Å²) in [6, 6.07) is 18.0. The van der Waals surface area contributed by atoms with Crippen LogP contribution in [0, 0.1) is 6.92 Å². The Morgan fingerprint density at radius 3 is 2.42 bits per heavy atom. The van der Waals surface area contributed by atoms with Crippen molar-refractivity contribution >= 4 is 31.8 Å². The number of hydrogen-bond donors (Lipinski definition) is 1. The molecule has 5 nitrogen and oxygen atoms in total. The summed E-state index contributed by atoms with van der Waals surface area (Å²) in [6.07, 6.45) is 0. The molecule has 0 spiro atoms. The fourth-order valence-electron chi connectivity index (χ4n) is 2.31. The van der Waals surface area contributed by atoms with Crippen molar-refractivity contribution in [2.45, 2.75) is 18.4 Å². The van der Waals surface area contributed by atoms with E-state index in [-0.39, 0.29) is 4.90 Å². The number of aromatic nitrogens is 2. The molecule has 0 atom stereocenters. The molecule has 2 aromatic carbocycles. The molecular formula is C17H16BrN3O2S. The predicted octanol–water partition coefficient (Wildman–Crippen LogP) is 3.80. The zero-order valence-electron chi connectivity index (χ0n) is 13.0. The number of rotatable bonds is 5. The first-order valence-electron chi connectivity index (χ1n) is 7.31. The van der Waals surface area contributed by atoms with Gasteiger partial charge in [-0.1, -0.05) is 46.3 Å². The summed E-state index contributed by atoms with van der Waals surface area (Å²) in [7, 11) is -3.66. The summed E-state index contributed by atoms with van der Waals surface area (Å²) in [4.78, 5) is 0.204. The normalized spacial score (nSPS) is 11.4. The van der Waals surface area contributed by atoms with E-state index in [9.17, 15) is 8.42 Å². The second-order valence-electron chi connectivity index (χ2n) is 5.37. The summed E-state index contributed by atoms with van der Waals surface area (Å²) in [5.41, 5.74) is 1.80. The van der Waals surface area contributed by atoms with Crippen LogP contribution in [0.4, 0.5) is 5.82 Å². The lowest BCUT2D eigenvalue weighted by atomic mass is 10.2. The highest BCUT2D eigenvalue weighted by Crippen LogP contribution is 2.20. The lowest BCUT2D eigenvalue weighted by molar-refractivity contribution is 0.599. The van der Waals surface area contributed by atoms with E-state index >= 15 is 0 Å². The average molecular weight is 406 g/mol. The minimum absolute atomic E-state index is 0.204. The number of aryl methyl sites for hydroxylation is 1. The fraction of sp³-hybridized carbons (Fsp3) is 0.118.